The van der Waals surface area contributed by atoms with Crippen LogP contribution in [0.4, 0.5) is 11.4 Å². The molecule has 0 saturated heterocycles. The van der Waals surface area contributed by atoms with E-state index < -0.39 is 5.54 Å². The monoisotopic (exact) mass is 491 g/mol. The first-order valence-electron chi connectivity index (χ1n) is 12.7. The molecule has 4 aromatic rings. The fourth-order valence-corrected chi connectivity index (χ4v) is 5.47. The third-order valence-corrected chi connectivity index (χ3v) is 6.95. The van der Waals surface area contributed by atoms with E-state index >= 15 is 0 Å². The van der Waals surface area contributed by atoms with Gasteiger partial charge in [0.05, 0.1) is 12.2 Å². The van der Waals surface area contributed by atoms with Crippen LogP contribution in [0.5, 0.6) is 11.5 Å². The van der Waals surface area contributed by atoms with E-state index in [0.29, 0.717) is 23.6 Å². The van der Waals surface area contributed by atoms with Crippen molar-refractivity contribution < 1.29 is 9.53 Å². The molecule has 2 aliphatic heterocycles. The third-order valence-electron chi connectivity index (χ3n) is 6.95. The van der Waals surface area contributed by atoms with Gasteiger partial charge in [-0.25, -0.2) is 5.43 Å². The molecule has 186 valence electrons. The van der Waals surface area contributed by atoms with E-state index in [0.717, 1.165) is 46.8 Å². The molecule has 0 radical (unpaired) electrons. The number of pyridine rings is 1. The van der Waals surface area contributed by atoms with Gasteiger partial charge >= 0.3 is 0 Å². The van der Waals surface area contributed by atoms with Crippen LogP contribution in [0.25, 0.3) is 0 Å². The first kappa shape index (κ1) is 23.1. The molecule has 1 aromatic heterocycles. The first-order valence-corrected chi connectivity index (χ1v) is 12.7. The van der Waals surface area contributed by atoms with Crippen molar-refractivity contribution in [3.63, 3.8) is 0 Å². The number of hydrazine groups is 1. The lowest BCUT2D eigenvalue weighted by molar-refractivity contribution is 0.0497. The number of fused-ring (bicyclic) bond motifs is 6. The quantitative estimate of drug-likeness (QED) is 0.317. The van der Waals surface area contributed by atoms with Crippen LogP contribution in [-0.4, -0.2) is 29.0 Å². The largest absolute Gasteiger partial charge is 0.456 e. The second kappa shape index (κ2) is 9.26. The number of hydrogen-bond acceptors (Lipinski definition) is 6. The fraction of sp³-hybridized carbons (Fsp3) is 0.200. The topological polar surface area (TPSA) is 78.5 Å². The predicted molar refractivity (Wildman–Crippen MR) is 145 cm³/mol. The maximum Gasteiger partial charge on any atom is 0.269 e. The van der Waals surface area contributed by atoms with Crippen LogP contribution >= 0.6 is 0 Å². The maximum atomic E-state index is 14.0. The minimum Gasteiger partial charge on any atom is -0.456 e. The van der Waals surface area contributed by atoms with Crippen LogP contribution in [0.1, 0.15) is 46.6 Å². The fourth-order valence-electron chi connectivity index (χ4n) is 5.47. The molecule has 3 heterocycles. The average molecular weight is 492 g/mol. The number of aromatic nitrogens is 1. The molecule has 6 rings (SSSR count). The average Bonchev–Trinajstić information content (AvgIpc) is 3.17. The van der Waals surface area contributed by atoms with Crippen LogP contribution in [0.3, 0.4) is 0 Å². The van der Waals surface area contributed by atoms with Gasteiger partial charge in [0.1, 0.15) is 17.0 Å². The molecule has 7 nitrogen and oxygen atoms in total. The Morgan fingerprint density at radius 2 is 1.46 bits per heavy atom. The zero-order valence-corrected chi connectivity index (χ0v) is 20.9. The number of nitrogens with zero attached hydrogens (tertiary/aromatic N) is 2. The minimum absolute atomic E-state index is 0.0862. The van der Waals surface area contributed by atoms with Gasteiger partial charge in [-0.2, -0.15) is 0 Å². The standard InChI is InChI=1S/C30H29N5O2/c1-3-31-20-12-14-25-27(17-20)37-28-18-21(32-4-2)13-15-26(28)30(25)24-11-6-5-10-23(24)29(36)35(30)34-19-22-9-7-8-16-33-22/h5-18,31-32,34H,3-4,19H2,1-2H3. The lowest BCUT2D eigenvalue weighted by Gasteiger charge is -2.44. The summed E-state index contributed by atoms with van der Waals surface area (Å²) in [6, 6.07) is 25.9. The van der Waals surface area contributed by atoms with Crippen molar-refractivity contribution in [2.75, 3.05) is 23.7 Å². The molecule has 2 aliphatic rings. The van der Waals surface area contributed by atoms with Crippen LogP contribution in [0, 0.1) is 0 Å². The van der Waals surface area contributed by atoms with E-state index in [1.54, 1.807) is 11.2 Å². The Bertz CT molecular complexity index is 1410. The van der Waals surface area contributed by atoms with E-state index in [1.807, 2.05) is 66.7 Å². The summed E-state index contributed by atoms with van der Waals surface area (Å²) in [7, 11) is 0. The summed E-state index contributed by atoms with van der Waals surface area (Å²) in [5.41, 5.74) is 8.72. The molecule has 0 unspecified atom stereocenters. The molecule has 0 bridgehead atoms. The van der Waals surface area contributed by atoms with E-state index in [1.165, 1.54) is 0 Å². The minimum atomic E-state index is -0.916. The highest BCUT2D eigenvalue weighted by atomic mass is 16.5. The number of rotatable bonds is 7. The van der Waals surface area contributed by atoms with Crippen LogP contribution in [0.15, 0.2) is 85.1 Å². The maximum absolute atomic E-state index is 14.0. The van der Waals surface area contributed by atoms with Crippen LogP contribution in [0.2, 0.25) is 0 Å². The Morgan fingerprint density at radius 1 is 0.811 bits per heavy atom. The van der Waals surface area contributed by atoms with Gasteiger partial charge in [-0.1, -0.05) is 36.4 Å². The second-order valence-corrected chi connectivity index (χ2v) is 9.14. The van der Waals surface area contributed by atoms with E-state index in [-0.39, 0.29) is 5.91 Å². The van der Waals surface area contributed by atoms with Gasteiger partial charge in [-0.3, -0.25) is 14.8 Å². The van der Waals surface area contributed by atoms with Crippen molar-refractivity contribution in [1.29, 1.82) is 0 Å². The first-order chi connectivity index (χ1) is 18.2. The van der Waals surface area contributed by atoms with Gasteiger partial charge in [0, 0.05) is 65.0 Å². The number of ether oxygens (including phenoxy) is 1. The molecule has 0 aliphatic carbocycles. The Balaban J connectivity index is 1.59. The molecular weight excluding hydrogens is 462 g/mol. The van der Waals surface area contributed by atoms with E-state index in [4.69, 9.17) is 4.74 Å². The summed E-state index contributed by atoms with van der Waals surface area (Å²) in [6.07, 6.45) is 1.76. The summed E-state index contributed by atoms with van der Waals surface area (Å²) in [4.78, 5) is 18.5. The molecule has 1 amide bonds. The van der Waals surface area contributed by atoms with Gasteiger partial charge < -0.3 is 15.4 Å². The van der Waals surface area contributed by atoms with Crippen molar-refractivity contribution in [3.8, 4) is 11.5 Å². The van der Waals surface area contributed by atoms with Crippen molar-refractivity contribution >= 4 is 17.3 Å². The van der Waals surface area contributed by atoms with Crippen molar-refractivity contribution in [1.82, 2.24) is 15.4 Å². The summed E-state index contributed by atoms with van der Waals surface area (Å²) in [5, 5.41) is 8.53. The summed E-state index contributed by atoms with van der Waals surface area (Å²) in [5.74, 6) is 1.35. The lowest BCUT2D eigenvalue weighted by atomic mass is 9.75. The number of carbonyl (C=O) groups excluding carboxylic acids is 1. The molecular formula is C30H29N5O2. The highest BCUT2D eigenvalue weighted by Gasteiger charge is 2.56. The molecule has 3 N–H and O–H groups in total. The Labute approximate surface area is 216 Å². The number of anilines is 2. The summed E-state index contributed by atoms with van der Waals surface area (Å²) >= 11 is 0. The van der Waals surface area contributed by atoms with E-state index in [2.05, 4.69) is 47.0 Å². The molecule has 0 fully saturated rings. The molecule has 7 heteroatoms. The van der Waals surface area contributed by atoms with Gasteiger partial charge in [0.2, 0.25) is 0 Å². The zero-order valence-electron chi connectivity index (χ0n) is 20.9. The second-order valence-electron chi connectivity index (χ2n) is 9.14. The van der Waals surface area contributed by atoms with Crippen molar-refractivity contribution in [2.24, 2.45) is 0 Å². The number of amides is 1. The lowest BCUT2D eigenvalue weighted by Crippen LogP contribution is -2.54. The van der Waals surface area contributed by atoms with E-state index in [9.17, 15) is 4.79 Å². The predicted octanol–water partition coefficient (Wildman–Crippen LogP) is 5.50. The Morgan fingerprint density at radius 3 is 2.08 bits per heavy atom. The zero-order chi connectivity index (χ0) is 25.4. The summed E-state index contributed by atoms with van der Waals surface area (Å²) in [6.45, 7) is 6.12. The highest BCUT2D eigenvalue weighted by molar-refractivity contribution is 6.02. The van der Waals surface area contributed by atoms with Gasteiger partial charge in [-0.15, -0.1) is 0 Å². The Hall–Kier alpha value is -4.36. The van der Waals surface area contributed by atoms with Gasteiger partial charge in [0.15, 0.2) is 0 Å². The molecule has 1 spiro atoms. The molecule has 3 aromatic carbocycles. The highest BCUT2D eigenvalue weighted by Crippen LogP contribution is 2.57. The normalized spacial score (nSPS) is 14.5. The molecule has 37 heavy (non-hydrogen) atoms. The Kier molecular flexibility index (Phi) is 5.77. The number of benzene rings is 3. The van der Waals surface area contributed by atoms with Crippen molar-refractivity contribution in [2.45, 2.75) is 25.9 Å². The third kappa shape index (κ3) is 3.62. The van der Waals surface area contributed by atoms with Crippen molar-refractivity contribution in [3.05, 3.63) is 113 Å². The molecule has 0 saturated carbocycles. The van der Waals surface area contributed by atoms with Gasteiger partial charge in [-0.05, 0) is 44.2 Å². The summed E-state index contributed by atoms with van der Waals surface area (Å²) < 4.78 is 6.54. The van der Waals surface area contributed by atoms with Crippen LogP contribution < -0.4 is 20.8 Å². The molecule has 0 atom stereocenters. The SMILES string of the molecule is CCNc1ccc2c(c1)Oc1cc(NCC)ccc1C21c2ccccc2C(=O)N1NCc1ccccn1. The smallest absolute Gasteiger partial charge is 0.269 e. The number of nitrogens with one attached hydrogen (secondary N) is 3. The number of hydrogen-bond donors (Lipinski definition) is 3. The number of carbonyl (C=O) groups is 1. The van der Waals surface area contributed by atoms with Crippen LogP contribution in [-0.2, 0) is 12.1 Å². The van der Waals surface area contributed by atoms with Gasteiger partial charge in [0.25, 0.3) is 5.91 Å².